The molecule has 0 atom stereocenters. The standard InChI is InChI=1S/C17H21BClNO2/c1-16(2)17(3,4)22-18(21-16)13-8-10-14(11-9-13)20-12-6-5-7-15(20)19/h5-11H,12H2,1-4H3. The average molecular weight is 318 g/mol. The predicted octanol–water partition coefficient (Wildman–Crippen LogP) is 3.44. The van der Waals surface area contributed by atoms with Gasteiger partial charge in [0.05, 0.1) is 11.2 Å². The van der Waals surface area contributed by atoms with Gasteiger partial charge in [0.25, 0.3) is 0 Å². The van der Waals surface area contributed by atoms with Gasteiger partial charge in [0.15, 0.2) is 0 Å². The Bertz CT molecular complexity index is 606. The molecule has 0 bridgehead atoms. The van der Waals surface area contributed by atoms with Crippen LogP contribution in [0, 0.1) is 0 Å². The Morgan fingerprint density at radius 2 is 1.64 bits per heavy atom. The number of hydrogen-bond acceptors (Lipinski definition) is 3. The maximum absolute atomic E-state index is 6.25. The molecule has 116 valence electrons. The van der Waals surface area contributed by atoms with E-state index in [0.29, 0.717) is 0 Å². The molecule has 2 heterocycles. The highest BCUT2D eigenvalue weighted by Gasteiger charge is 2.51. The summed E-state index contributed by atoms with van der Waals surface area (Å²) in [6.07, 6.45) is 5.94. The first kappa shape index (κ1) is 15.7. The number of benzene rings is 1. The largest absolute Gasteiger partial charge is 0.494 e. The minimum atomic E-state index is -0.327. The smallest absolute Gasteiger partial charge is 0.399 e. The quantitative estimate of drug-likeness (QED) is 0.616. The molecule has 1 aromatic rings. The molecule has 3 rings (SSSR count). The SMILES string of the molecule is CC1(C)OB(c2ccc(N3CC=CC=C3Cl)cc2)OC1(C)C. The van der Waals surface area contributed by atoms with E-state index < -0.39 is 0 Å². The zero-order chi connectivity index (χ0) is 16.0. The van der Waals surface area contributed by atoms with Crippen molar-refractivity contribution in [3.63, 3.8) is 0 Å². The van der Waals surface area contributed by atoms with Crippen molar-refractivity contribution >= 4 is 29.9 Å². The maximum Gasteiger partial charge on any atom is 0.494 e. The van der Waals surface area contributed by atoms with Crippen molar-refractivity contribution in [1.29, 1.82) is 0 Å². The third-order valence-electron chi connectivity index (χ3n) is 4.65. The number of nitrogens with zero attached hydrogens (tertiary/aromatic N) is 1. The van der Waals surface area contributed by atoms with Gasteiger partial charge in [-0.25, -0.2) is 0 Å². The van der Waals surface area contributed by atoms with E-state index in [2.05, 4.69) is 50.8 Å². The molecule has 1 saturated heterocycles. The van der Waals surface area contributed by atoms with Crippen LogP contribution >= 0.6 is 11.6 Å². The summed E-state index contributed by atoms with van der Waals surface area (Å²) < 4.78 is 12.1. The number of hydrogen-bond donors (Lipinski definition) is 0. The van der Waals surface area contributed by atoms with Gasteiger partial charge in [-0.2, -0.15) is 0 Å². The molecule has 0 radical (unpaired) electrons. The van der Waals surface area contributed by atoms with Crippen molar-refractivity contribution in [3.8, 4) is 0 Å². The zero-order valence-electron chi connectivity index (χ0n) is 13.5. The van der Waals surface area contributed by atoms with E-state index >= 15 is 0 Å². The molecule has 0 amide bonds. The Morgan fingerprint density at radius 1 is 1.05 bits per heavy atom. The lowest BCUT2D eigenvalue weighted by atomic mass is 9.79. The second kappa shape index (κ2) is 5.45. The number of anilines is 1. The summed E-state index contributed by atoms with van der Waals surface area (Å²) in [5.41, 5.74) is 1.45. The normalized spacial score (nSPS) is 22.9. The maximum atomic E-state index is 6.25. The lowest BCUT2D eigenvalue weighted by Gasteiger charge is -2.32. The fraction of sp³-hybridized carbons (Fsp3) is 0.412. The van der Waals surface area contributed by atoms with Crippen LogP contribution in [0.2, 0.25) is 0 Å². The summed E-state index contributed by atoms with van der Waals surface area (Å²) in [7, 11) is -0.327. The fourth-order valence-corrected chi connectivity index (χ4v) is 2.75. The molecule has 0 N–H and O–H groups in total. The molecule has 22 heavy (non-hydrogen) atoms. The summed E-state index contributed by atoms with van der Waals surface area (Å²) in [5, 5.41) is 0.728. The second-order valence-corrected chi connectivity index (χ2v) is 7.10. The lowest BCUT2D eigenvalue weighted by molar-refractivity contribution is 0.00578. The molecule has 0 aliphatic carbocycles. The number of rotatable bonds is 2. The van der Waals surface area contributed by atoms with E-state index in [9.17, 15) is 0 Å². The van der Waals surface area contributed by atoms with Crippen LogP contribution in [0.15, 0.2) is 47.6 Å². The topological polar surface area (TPSA) is 21.7 Å². The average Bonchev–Trinajstić information content (AvgIpc) is 2.68. The molecule has 3 nitrogen and oxygen atoms in total. The first-order chi connectivity index (χ1) is 10.3. The Kier molecular flexibility index (Phi) is 3.88. The van der Waals surface area contributed by atoms with Gasteiger partial charge in [-0.05, 0) is 51.4 Å². The van der Waals surface area contributed by atoms with Crippen LogP contribution in [0.3, 0.4) is 0 Å². The van der Waals surface area contributed by atoms with Crippen LogP contribution in [0.1, 0.15) is 27.7 Å². The first-order valence-corrected chi connectivity index (χ1v) is 7.93. The van der Waals surface area contributed by atoms with E-state index in [1.54, 1.807) is 0 Å². The Balaban J connectivity index is 1.79. The summed E-state index contributed by atoms with van der Waals surface area (Å²) >= 11 is 6.25. The lowest BCUT2D eigenvalue weighted by Crippen LogP contribution is -2.41. The second-order valence-electron chi connectivity index (χ2n) is 6.71. The number of halogens is 1. The van der Waals surface area contributed by atoms with Crippen molar-refractivity contribution in [3.05, 3.63) is 47.6 Å². The minimum Gasteiger partial charge on any atom is -0.399 e. The predicted molar refractivity (Wildman–Crippen MR) is 92.6 cm³/mol. The molecule has 1 fully saturated rings. The molecule has 1 aromatic carbocycles. The third kappa shape index (κ3) is 2.71. The Hall–Kier alpha value is -1.23. The molecule has 0 aromatic heterocycles. The van der Waals surface area contributed by atoms with Crippen LogP contribution < -0.4 is 10.4 Å². The molecule has 0 unspecified atom stereocenters. The highest BCUT2D eigenvalue weighted by molar-refractivity contribution is 6.62. The van der Waals surface area contributed by atoms with E-state index in [-0.39, 0.29) is 18.3 Å². The summed E-state index contributed by atoms with van der Waals surface area (Å²) in [5.74, 6) is 0. The number of allylic oxidation sites excluding steroid dienone is 2. The minimum absolute atomic E-state index is 0.319. The molecular weight excluding hydrogens is 296 g/mol. The van der Waals surface area contributed by atoms with Crippen LogP contribution in [-0.4, -0.2) is 24.9 Å². The van der Waals surface area contributed by atoms with E-state index in [1.165, 1.54) is 0 Å². The molecule has 0 saturated carbocycles. The Morgan fingerprint density at radius 3 is 2.18 bits per heavy atom. The van der Waals surface area contributed by atoms with E-state index in [4.69, 9.17) is 20.9 Å². The molecule has 5 heteroatoms. The van der Waals surface area contributed by atoms with Crippen LogP contribution in [-0.2, 0) is 9.31 Å². The third-order valence-corrected chi connectivity index (χ3v) is 4.98. The zero-order valence-corrected chi connectivity index (χ0v) is 14.2. The van der Waals surface area contributed by atoms with Crippen molar-refractivity contribution in [2.45, 2.75) is 38.9 Å². The first-order valence-electron chi connectivity index (χ1n) is 7.56. The van der Waals surface area contributed by atoms with Crippen molar-refractivity contribution in [2.24, 2.45) is 0 Å². The van der Waals surface area contributed by atoms with Crippen LogP contribution in [0.5, 0.6) is 0 Å². The summed E-state index contributed by atoms with van der Waals surface area (Å²) in [4.78, 5) is 2.05. The highest BCUT2D eigenvalue weighted by atomic mass is 35.5. The van der Waals surface area contributed by atoms with Gasteiger partial charge in [0.2, 0.25) is 0 Å². The fourth-order valence-electron chi connectivity index (χ4n) is 2.51. The van der Waals surface area contributed by atoms with Gasteiger partial charge in [0, 0.05) is 12.2 Å². The summed E-state index contributed by atoms with van der Waals surface area (Å²) in [6.45, 7) is 9.03. The molecule has 0 spiro atoms. The molecular formula is C17H21BClNO2. The Labute approximate surface area is 137 Å². The van der Waals surface area contributed by atoms with Gasteiger partial charge in [-0.1, -0.05) is 35.9 Å². The van der Waals surface area contributed by atoms with Gasteiger partial charge < -0.3 is 14.2 Å². The highest BCUT2D eigenvalue weighted by Crippen LogP contribution is 2.36. The van der Waals surface area contributed by atoms with Crippen LogP contribution in [0.4, 0.5) is 5.69 Å². The van der Waals surface area contributed by atoms with E-state index in [0.717, 1.165) is 22.9 Å². The van der Waals surface area contributed by atoms with Gasteiger partial charge in [-0.15, -0.1) is 0 Å². The van der Waals surface area contributed by atoms with Crippen LogP contribution in [0.25, 0.3) is 0 Å². The summed E-state index contributed by atoms with van der Waals surface area (Å²) in [6, 6.07) is 8.19. The monoisotopic (exact) mass is 317 g/mol. The van der Waals surface area contributed by atoms with Crippen molar-refractivity contribution in [2.75, 3.05) is 11.4 Å². The van der Waals surface area contributed by atoms with E-state index in [1.807, 2.05) is 24.3 Å². The molecule has 2 aliphatic heterocycles. The molecule has 2 aliphatic rings. The van der Waals surface area contributed by atoms with Gasteiger partial charge >= 0.3 is 7.12 Å². The van der Waals surface area contributed by atoms with Crippen molar-refractivity contribution < 1.29 is 9.31 Å². The van der Waals surface area contributed by atoms with Gasteiger partial charge in [-0.3, -0.25) is 0 Å². The van der Waals surface area contributed by atoms with Gasteiger partial charge in [0.1, 0.15) is 5.16 Å². The van der Waals surface area contributed by atoms with Crippen molar-refractivity contribution in [1.82, 2.24) is 0 Å².